The van der Waals surface area contributed by atoms with Crippen LogP contribution in [-0.2, 0) is 22.4 Å². The van der Waals surface area contributed by atoms with Crippen LogP contribution in [0.2, 0.25) is 0 Å². The molecular weight excluding hydrogens is 350 g/mol. The van der Waals surface area contributed by atoms with Crippen molar-refractivity contribution in [1.82, 2.24) is 15.1 Å². The van der Waals surface area contributed by atoms with Gasteiger partial charge in [-0.3, -0.25) is 9.69 Å². The molecule has 28 heavy (non-hydrogen) atoms. The number of rotatable bonds is 6. The minimum atomic E-state index is -0.420. The summed E-state index contributed by atoms with van der Waals surface area (Å²) in [6, 6.07) is 8.59. The Morgan fingerprint density at radius 1 is 1.14 bits per heavy atom. The van der Waals surface area contributed by atoms with Crippen molar-refractivity contribution in [3.05, 3.63) is 35.4 Å². The standard InChI is InChI=1S/C23H35N3O2/c1-2-25-12-14-26(15-13-25)23(17-19-7-3-4-8-20(19)18-23)22(27)24-11-10-21-9-5-6-16-28-21/h3-4,7-8,21H,2,5-6,9-18H2,1H3,(H,24,27)/t21-/m1/s1. The average molecular weight is 386 g/mol. The molecule has 4 rings (SSSR count). The lowest BCUT2D eigenvalue weighted by Gasteiger charge is -2.44. The maximum absolute atomic E-state index is 13.5. The highest BCUT2D eigenvalue weighted by atomic mass is 16.5. The molecule has 2 saturated heterocycles. The molecule has 2 fully saturated rings. The molecule has 0 bridgehead atoms. The van der Waals surface area contributed by atoms with Gasteiger partial charge in [-0.2, -0.15) is 0 Å². The summed E-state index contributed by atoms with van der Waals surface area (Å²) in [5.41, 5.74) is 2.26. The van der Waals surface area contributed by atoms with Crippen LogP contribution in [0.25, 0.3) is 0 Å². The van der Waals surface area contributed by atoms with E-state index in [4.69, 9.17) is 4.74 Å². The fourth-order valence-electron chi connectivity index (χ4n) is 5.16. The van der Waals surface area contributed by atoms with E-state index in [0.717, 1.165) is 71.6 Å². The first-order chi connectivity index (χ1) is 13.7. The maximum atomic E-state index is 13.5. The van der Waals surface area contributed by atoms with Crippen LogP contribution in [0.4, 0.5) is 0 Å². The van der Waals surface area contributed by atoms with Crippen molar-refractivity contribution in [3.63, 3.8) is 0 Å². The maximum Gasteiger partial charge on any atom is 0.241 e. The van der Waals surface area contributed by atoms with Gasteiger partial charge in [-0.15, -0.1) is 0 Å². The van der Waals surface area contributed by atoms with Gasteiger partial charge in [0.2, 0.25) is 5.91 Å². The molecule has 1 atom stereocenters. The number of amides is 1. The van der Waals surface area contributed by atoms with Crippen LogP contribution in [0.1, 0.15) is 43.7 Å². The van der Waals surface area contributed by atoms with E-state index in [1.165, 1.54) is 24.0 Å². The van der Waals surface area contributed by atoms with Crippen molar-refractivity contribution < 1.29 is 9.53 Å². The van der Waals surface area contributed by atoms with Gasteiger partial charge in [0.05, 0.1) is 6.10 Å². The molecule has 5 nitrogen and oxygen atoms in total. The molecule has 0 saturated carbocycles. The van der Waals surface area contributed by atoms with Gasteiger partial charge in [-0.1, -0.05) is 31.2 Å². The van der Waals surface area contributed by atoms with Gasteiger partial charge >= 0.3 is 0 Å². The second-order valence-corrected chi connectivity index (χ2v) is 8.61. The quantitative estimate of drug-likeness (QED) is 0.816. The third-order valence-electron chi connectivity index (χ3n) is 6.96. The summed E-state index contributed by atoms with van der Waals surface area (Å²) in [5.74, 6) is 0.212. The number of likely N-dealkylation sites (N-methyl/N-ethyl adjacent to an activating group) is 1. The Balaban J connectivity index is 1.43. The number of ether oxygens (including phenoxy) is 1. The zero-order valence-electron chi connectivity index (χ0n) is 17.3. The molecule has 1 aromatic rings. The molecule has 3 aliphatic rings. The molecule has 2 heterocycles. The predicted octanol–water partition coefficient (Wildman–Crippen LogP) is 2.24. The van der Waals surface area contributed by atoms with Gasteiger partial charge < -0.3 is 15.0 Å². The topological polar surface area (TPSA) is 44.8 Å². The molecular formula is C23H35N3O2. The molecule has 2 aliphatic heterocycles. The Hall–Kier alpha value is -1.43. The summed E-state index contributed by atoms with van der Waals surface area (Å²) < 4.78 is 5.83. The Bertz CT molecular complexity index is 639. The van der Waals surface area contributed by atoms with Crippen LogP contribution in [0, 0.1) is 0 Å². The molecule has 1 N–H and O–H groups in total. The fourth-order valence-corrected chi connectivity index (χ4v) is 5.16. The first-order valence-electron chi connectivity index (χ1n) is 11.2. The molecule has 0 unspecified atom stereocenters. The summed E-state index contributed by atoms with van der Waals surface area (Å²) in [5, 5.41) is 3.30. The van der Waals surface area contributed by atoms with Crippen molar-refractivity contribution >= 4 is 5.91 Å². The predicted molar refractivity (Wildman–Crippen MR) is 111 cm³/mol. The Morgan fingerprint density at radius 2 is 1.86 bits per heavy atom. The van der Waals surface area contributed by atoms with Crippen molar-refractivity contribution in [2.45, 2.75) is 57.1 Å². The van der Waals surface area contributed by atoms with Crippen molar-refractivity contribution in [2.24, 2.45) is 0 Å². The highest BCUT2D eigenvalue weighted by Gasteiger charge is 2.48. The summed E-state index contributed by atoms with van der Waals surface area (Å²) >= 11 is 0. The first-order valence-corrected chi connectivity index (χ1v) is 11.2. The smallest absolute Gasteiger partial charge is 0.241 e. The Labute approximate surface area is 169 Å². The Kier molecular flexibility index (Phi) is 6.34. The normalized spacial score (nSPS) is 25.4. The Morgan fingerprint density at radius 3 is 2.46 bits per heavy atom. The van der Waals surface area contributed by atoms with E-state index in [9.17, 15) is 4.79 Å². The van der Waals surface area contributed by atoms with E-state index in [1.807, 2.05) is 0 Å². The summed E-state index contributed by atoms with van der Waals surface area (Å²) in [6.45, 7) is 8.96. The average Bonchev–Trinajstić information content (AvgIpc) is 3.15. The van der Waals surface area contributed by atoms with Crippen molar-refractivity contribution in [2.75, 3.05) is 45.9 Å². The molecule has 0 spiro atoms. The van der Waals surface area contributed by atoms with Crippen LogP contribution in [0.5, 0.6) is 0 Å². The van der Waals surface area contributed by atoms with E-state index < -0.39 is 5.54 Å². The first kappa shape index (κ1) is 19.9. The second-order valence-electron chi connectivity index (χ2n) is 8.61. The minimum absolute atomic E-state index is 0.212. The molecule has 1 aromatic carbocycles. The SMILES string of the molecule is CCN1CCN(C2(C(=O)NCC[C@H]3CCCCO3)Cc3ccccc3C2)CC1. The van der Waals surface area contributed by atoms with Gasteiger partial charge in [-0.25, -0.2) is 0 Å². The van der Waals surface area contributed by atoms with E-state index in [2.05, 4.69) is 46.3 Å². The number of hydrogen-bond acceptors (Lipinski definition) is 4. The zero-order chi connectivity index (χ0) is 19.4. The fraction of sp³-hybridized carbons (Fsp3) is 0.696. The van der Waals surface area contributed by atoms with Crippen molar-refractivity contribution in [3.8, 4) is 0 Å². The third-order valence-corrected chi connectivity index (χ3v) is 6.96. The number of hydrogen-bond donors (Lipinski definition) is 1. The monoisotopic (exact) mass is 385 g/mol. The highest BCUT2D eigenvalue weighted by molar-refractivity contribution is 5.88. The number of piperazine rings is 1. The van der Waals surface area contributed by atoms with Gasteiger partial charge in [0, 0.05) is 52.2 Å². The van der Waals surface area contributed by atoms with Gasteiger partial charge in [-0.05, 0) is 43.4 Å². The highest BCUT2D eigenvalue weighted by Crippen LogP contribution is 2.35. The van der Waals surface area contributed by atoms with Gasteiger partial charge in [0.15, 0.2) is 0 Å². The largest absolute Gasteiger partial charge is 0.378 e. The van der Waals surface area contributed by atoms with Crippen LogP contribution < -0.4 is 5.32 Å². The molecule has 0 aromatic heterocycles. The van der Waals surface area contributed by atoms with E-state index in [1.54, 1.807) is 0 Å². The van der Waals surface area contributed by atoms with Crippen LogP contribution in [0.3, 0.4) is 0 Å². The number of benzene rings is 1. The number of fused-ring (bicyclic) bond motifs is 1. The lowest BCUT2D eigenvalue weighted by atomic mass is 9.90. The number of nitrogens with one attached hydrogen (secondary N) is 1. The summed E-state index contributed by atoms with van der Waals surface area (Å²) in [6.07, 6.45) is 6.47. The number of nitrogens with zero attached hydrogens (tertiary/aromatic N) is 2. The van der Waals surface area contributed by atoms with Crippen LogP contribution >= 0.6 is 0 Å². The molecule has 5 heteroatoms. The molecule has 1 aliphatic carbocycles. The number of carbonyl (C=O) groups excluding carboxylic acids is 1. The molecule has 154 valence electrons. The summed E-state index contributed by atoms with van der Waals surface area (Å²) in [7, 11) is 0. The van der Waals surface area contributed by atoms with Crippen LogP contribution in [0.15, 0.2) is 24.3 Å². The van der Waals surface area contributed by atoms with E-state index in [0.29, 0.717) is 6.10 Å². The lowest BCUT2D eigenvalue weighted by Crippen LogP contribution is -2.64. The van der Waals surface area contributed by atoms with E-state index in [-0.39, 0.29) is 5.91 Å². The number of carbonyl (C=O) groups is 1. The van der Waals surface area contributed by atoms with E-state index >= 15 is 0 Å². The van der Waals surface area contributed by atoms with Gasteiger partial charge in [0.25, 0.3) is 0 Å². The van der Waals surface area contributed by atoms with Crippen molar-refractivity contribution in [1.29, 1.82) is 0 Å². The van der Waals surface area contributed by atoms with Crippen LogP contribution in [-0.4, -0.2) is 73.2 Å². The second kappa shape index (κ2) is 8.93. The lowest BCUT2D eigenvalue weighted by molar-refractivity contribution is -0.134. The molecule has 0 radical (unpaired) electrons. The minimum Gasteiger partial charge on any atom is -0.378 e. The molecule has 1 amide bonds. The third kappa shape index (κ3) is 4.12. The summed E-state index contributed by atoms with van der Waals surface area (Å²) in [4.78, 5) is 18.5. The zero-order valence-corrected chi connectivity index (χ0v) is 17.3. The van der Waals surface area contributed by atoms with Gasteiger partial charge in [0.1, 0.15) is 5.54 Å².